The van der Waals surface area contributed by atoms with E-state index in [0.29, 0.717) is 18.1 Å². The van der Waals surface area contributed by atoms with Gasteiger partial charge in [0, 0.05) is 36.2 Å². The van der Waals surface area contributed by atoms with Gasteiger partial charge in [-0.15, -0.1) is 0 Å². The summed E-state index contributed by atoms with van der Waals surface area (Å²) in [5, 5.41) is 4.53. The molecule has 3 heteroatoms. The predicted molar refractivity (Wildman–Crippen MR) is 82.7 cm³/mol. The number of halogens is 1. The molecule has 1 fully saturated rings. The third-order valence-corrected chi connectivity index (χ3v) is 4.70. The molecule has 2 nitrogen and oxygen atoms in total. The van der Waals surface area contributed by atoms with Gasteiger partial charge in [-0.25, -0.2) is 0 Å². The van der Waals surface area contributed by atoms with Crippen molar-refractivity contribution in [1.29, 1.82) is 0 Å². The van der Waals surface area contributed by atoms with Crippen LogP contribution in [0.1, 0.15) is 45.2 Å². The van der Waals surface area contributed by atoms with Crippen LogP contribution in [0.25, 0.3) is 0 Å². The van der Waals surface area contributed by atoms with Crippen molar-refractivity contribution in [3.8, 4) is 0 Å². The van der Waals surface area contributed by atoms with Crippen LogP contribution < -0.4 is 5.32 Å². The standard InChI is InChI=1S/C16H25ClN2/c1-4-13-11-19(14(5-2)10-18-13)12(3)15-8-6-7-9-16(15)17/h6-9,12-14,18H,4-5,10-11H2,1-3H3. The Bertz CT molecular complexity index is 407. The van der Waals surface area contributed by atoms with E-state index in [9.17, 15) is 0 Å². The zero-order valence-electron chi connectivity index (χ0n) is 12.2. The first kappa shape index (κ1) is 14.8. The van der Waals surface area contributed by atoms with Gasteiger partial charge >= 0.3 is 0 Å². The molecule has 19 heavy (non-hydrogen) atoms. The molecule has 2 rings (SSSR count). The highest BCUT2D eigenvalue weighted by Crippen LogP contribution is 2.30. The van der Waals surface area contributed by atoms with Crippen LogP contribution in [0.2, 0.25) is 5.02 Å². The molecule has 1 saturated heterocycles. The van der Waals surface area contributed by atoms with Gasteiger partial charge < -0.3 is 5.32 Å². The normalized spacial score (nSPS) is 26.3. The van der Waals surface area contributed by atoms with Crippen LogP contribution in [0.4, 0.5) is 0 Å². The second kappa shape index (κ2) is 6.74. The minimum absolute atomic E-state index is 0.384. The summed E-state index contributed by atoms with van der Waals surface area (Å²) in [7, 11) is 0. The third-order valence-electron chi connectivity index (χ3n) is 4.36. The molecular weight excluding hydrogens is 256 g/mol. The van der Waals surface area contributed by atoms with Crippen molar-refractivity contribution >= 4 is 11.6 Å². The van der Waals surface area contributed by atoms with Gasteiger partial charge in [0.25, 0.3) is 0 Å². The van der Waals surface area contributed by atoms with Gasteiger partial charge in [0.2, 0.25) is 0 Å². The Kier molecular flexibility index (Phi) is 5.26. The fraction of sp³-hybridized carbons (Fsp3) is 0.625. The van der Waals surface area contributed by atoms with Crippen LogP contribution in [-0.4, -0.2) is 30.1 Å². The van der Waals surface area contributed by atoms with E-state index >= 15 is 0 Å². The molecule has 0 amide bonds. The molecule has 1 aromatic carbocycles. The number of hydrogen-bond acceptors (Lipinski definition) is 2. The van der Waals surface area contributed by atoms with Crippen LogP contribution in [0, 0.1) is 0 Å². The average Bonchev–Trinajstić information content (AvgIpc) is 2.46. The number of piperazine rings is 1. The molecule has 3 unspecified atom stereocenters. The minimum atomic E-state index is 0.384. The van der Waals surface area contributed by atoms with Gasteiger partial charge in [0.05, 0.1) is 0 Å². The highest BCUT2D eigenvalue weighted by Gasteiger charge is 2.30. The van der Waals surface area contributed by atoms with Gasteiger partial charge in [0.1, 0.15) is 0 Å². The molecule has 106 valence electrons. The first-order chi connectivity index (χ1) is 9.17. The topological polar surface area (TPSA) is 15.3 Å². The van der Waals surface area contributed by atoms with Crippen molar-refractivity contribution in [2.24, 2.45) is 0 Å². The summed E-state index contributed by atoms with van der Waals surface area (Å²) in [6.45, 7) is 9.00. The second-order valence-corrected chi connectivity index (χ2v) is 5.88. The summed E-state index contributed by atoms with van der Waals surface area (Å²) in [4.78, 5) is 2.62. The molecule has 3 atom stereocenters. The first-order valence-electron chi connectivity index (χ1n) is 7.40. The van der Waals surface area contributed by atoms with Gasteiger partial charge in [-0.1, -0.05) is 43.6 Å². The maximum atomic E-state index is 6.36. The van der Waals surface area contributed by atoms with Crippen molar-refractivity contribution < 1.29 is 0 Å². The molecule has 0 spiro atoms. The second-order valence-electron chi connectivity index (χ2n) is 5.47. The summed E-state index contributed by atoms with van der Waals surface area (Å²) in [5.74, 6) is 0. The van der Waals surface area contributed by atoms with E-state index in [0.717, 1.165) is 18.1 Å². The van der Waals surface area contributed by atoms with E-state index in [1.165, 1.54) is 18.4 Å². The predicted octanol–water partition coefficient (Wildman–Crippen LogP) is 3.86. The van der Waals surface area contributed by atoms with Crippen molar-refractivity contribution in [3.05, 3.63) is 34.9 Å². The van der Waals surface area contributed by atoms with Crippen LogP contribution in [0.5, 0.6) is 0 Å². The summed E-state index contributed by atoms with van der Waals surface area (Å²) in [6.07, 6.45) is 2.36. The van der Waals surface area contributed by atoms with E-state index in [-0.39, 0.29) is 0 Å². The summed E-state index contributed by atoms with van der Waals surface area (Å²) in [5.41, 5.74) is 1.25. The molecule has 1 aromatic rings. The van der Waals surface area contributed by atoms with E-state index < -0.39 is 0 Å². The third kappa shape index (κ3) is 3.31. The lowest BCUT2D eigenvalue weighted by Crippen LogP contribution is -2.56. The zero-order valence-corrected chi connectivity index (χ0v) is 13.0. The fourth-order valence-corrected chi connectivity index (χ4v) is 3.30. The Morgan fingerprint density at radius 2 is 2.05 bits per heavy atom. The lowest BCUT2D eigenvalue weighted by atomic mass is 9.99. The number of nitrogens with one attached hydrogen (secondary N) is 1. The summed E-state index contributed by atoms with van der Waals surface area (Å²) < 4.78 is 0. The molecule has 1 heterocycles. The number of benzene rings is 1. The highest BCUT2D eigenvalue weighted by atomic mass is 35.5. The lowest BCUT2D eigenvalue weighted by molar-refractivity contribution is 0.0851. The Labute approximate surface area is 122 Å². The van der Waals surface area contributed by atoms with Crippen LogP contribution in [0.15, 0.2) is 24.3 Å². The van der Waals surface area contributed by atoms with Gasteiger partial charge in [-0.05, 0) is 31.4 Å². The maximum absolute atomic E-state index is 6.36. The van der Waals surface area contributed by atoms with Crippen LogP contribution >= 0.6 is 11.6 Å². The number of nitrogens with zero attached hydrogens (tertiary/aromatic N) is 1. The average molecular weight is 281 g/mol. The number of rotatable bonds is 4. The van der Waals surface area contributed by atoms with E-state index in [4.69, 9.17) is 11.6 Å². The zero-order chi connectivity index (χ0) is 13.8. The smallest absolute Gasteiger partial charge is 0.0453 e. The SMILES string of the molecule is CCC1CN(C(C)c2ccccc2Cl)C(CC)CN1. The Balaban J connectivity index is 2.19. The van der Waals surface area contributed by atoms with E-state index in [1.54, 1.807) is 0 Å². The minimum Gasteiger partial charge on any atom is -0.311 e. The number of hydrogen-bond donors (Lipinski definition) is 1. The van der Waals surface area contributed by atoms with Gasteiger partial charge in [-0.2, -0.15) is 0 Å². The molecule has 1 N–H and O–H groups in total. The van der Waals surface area contributed by atoms with E-state index in [2.05, 4.69) is 43.1 Å². The Morgan fingerprint density at radius 3 is 2.68 bits per heavy atom. The molecule has 1 aliphatic heterocycles. The lowest BCUT2D eigenvalue weighted by Gasteiger charge is -2.43. The van der Waals surface area contributed by atoms with Crippen molar-refractivity contribution in [2.45, 2.75) is 51.7 Å². The van der Waals surface area contributed by atoms with Crippen LogP contribution in [0.3, 0.4) is 0 Å². The molecule has 0 radical (unpaired) electrons. The van der Waals surface area contributed by atoms with Crippen molar-refractivity contribution in [3.63, 3.8) is 0 Å². The monoisotopic (exact) mass is 280 g/mol. The Morgan fingerprint density at radius 1 is 1.32 bits per heavy atom. The van der Waals surface area contributed by atoms with Crippen molar-refractivity contribution in [1.82, 2.24) is 10.2 Å². The quantitative estimate of drug-likeness (QED) is 0.901. The summed E-state index contributed by atoms with van der Waals surface area (Å²) >= 11 is 6.36. The van der Waals surface area contributed by atoms with E-state index in [1.807, 2.05) is 12.1 Å². The molecule has 0 bridgehead atoms. The van der Waals surface area contributed by atoms with Gasteiger partial charge in [0.15, 0.2) is 0 Å². The summed E-state index contributed by atoms with van der Waals surface area (Å²) in [6, 6.07) is 9.83. The molecule has 0 saturated carbocycles. The van der Waals surface area contributed by atoms with Crippen molar-refractivity contribution in [2.75, 3.05) is 13.1 Å². The largest absolute Gasteiger partial charge is 0.311 e. The maximum Gasteiger partial charge on any atom is 0.0453 e. The molecule has 0 aliphatic carbocycles. The molecule has 0 aromatic heterocycles. The van der Waals surface area contributed by atoms with Crippen LogP contribution in [-0.2, 0) is 0 Å². The highest BCUT2D eigenvalue weighted by molar-refractivity contribution is 6.31. The molecule has 1 aliphatic rings. The molecular formula is C16H25ClN2. The first-order valence-corrected chi connectivity index (χ1v) is 7.78. The fourth-order valence-electron chi connectivity index (χ4n) is 3.01. The van der Waals surface area contributed by atoms with Gasteiger partial charge in [-0.3, -0.25) is 4.90 Å². The Hall–Kier alpha value is -0.570.